The van der Waals surface area contributed by atoms with Gasteiger partial charge in [0.2, 0.25) is 0 Å². The Labute approximate surface area is 120 Å². The lowest BCUT2D eigenvalue weighted by molar-refractivity contribution is 0.0534. The van der Waals surface area contributed by atoms with Crippen LogP contribution in [-0.4, -0.2) is 28.2 Å². The number of ether oxygens (including phenoxy) is 1. The summed E-state index contributed by atoms with van der Waals surface area (Å²) in [6.07, 6.45) is 4.46. The highest BCUT2D eigenvalue weighted by Crippen LogP contribution is 2.11. The number of aromatic nitrogens is 2. The fraction of sp³-hybridized carbons (Fsp3) is 0.417. The van der Waals surface area contributed by atoms with Gasteiger partial charge in [-0.2, -0.15) is 0 Å². The Morgan fingerprint density at radius 1 is 1.58 bits per heavy atom. The van der Waals surface area contributed by atoms with E-state index in [0.717, 1.165) is 0 Å². The summed E-state index contributed by atoms with van der Waals surface area (Å²) in [7, 11) is 0. The van der Waals surface area contributed by atoms with E-state index < -0.39 is 11.7 Å². The van der Waals surface area contributed by atoms with Crippen molar-refractivity contribution < 1.29 is 9.53 Å². The molecule has 0 fully saturated rings. The quantitative estimate of drug-likeness (QED) is 0.888. The Kier molecular flexibility index (Phi) is 5.29. The van der Waals surface area contributed by atoms with Crippen molar-refractivity contribution in [1.29, 1.82) is 0 Å². The monoisotopic (exact) mass is 328 g/mol. The molecule has 0 atom stereocenters. The third-order valence-corrected chi connectivity index (χ3v) is 2.22. The Balaban J connectivity index is 2.47. The molecule has 0 aromatic carbocycles. The third-order valence-electron chi connectivity index (χ3n) is 1.84. The van der Waals surface area contributed by atoms with E-state index in [1.807, 2.05) is 0 Å². The zero-order valence-electron chi connectivity index (χ0n) is 11.1. The zero-order valence-corrected chi connectivity index (χ0v) is 12.7. The van der Waals surface area contributed by atoms with Gasteiger partial charge >= 0.3 is 6.09 Å². The largest absolute Gasteiger partial charge is 0.444 e. The van der Waals surface area contributed by atoms with Gasteiger partial charge in [-0.1, -0.05) is 6.08 Å². The maximum absolute atomic E-state index is 11.4. The summed E-state index contributed by atoms with van der Waals surface area (Å²) in [5.74, 6) is 0.330. The van der Waals surface area contributed by atoms with E-state index in [9.17, 15) is 4.79 Å². The summed E-state index contributed by atoms with van der Waals surface area (Å²) >= 11 is 3.21. The number of carbonyl (C=O) groups excluding carboxylic acids is 1. The van der Waals surface area contributed by atoms with Crippen molar-refractivity contribution in [1.82, 2.24) is 15.3 Å². The minimum Gasteiger partial charge on any atom is -0.444 e. The first-order chi connectivity index (χ1) is 8.78. The highest BCUT2D eigenvalue weighted by Gasteiger charge is 2.14. The Morgan fingerprint density at radius 2 is 2.26 bits per heavy atom. The fourth-order valence-corrected chi connectivity index (χ4v) is 1.43. The maximum atomic E-state index is 11.4. The number of hydrogen-bond acceptors (Lipinski definition) is 5. The average molecular weight is 329 g/mol. The van der Waals surface area contributed by atoms with Gasteiger partial charge in [-0.25, -0.2) is 14.8 Å². The SMILES string of the molecule is CC(C)(C)OC(=O)NC/C=C/c1nc(Br)cnc1N. The van der Waals surface area contributed by atoms with E-state index in [2.05, 4.69) is 31.2 Å². The van der Waals surface area contributed by atoms with Crippen LogP contribution in [0.2, 0.25) is 0 Å². The molecule has 1 aromatic rings. The normalized spacial score (nSPS) is 11.6. The van der Waals surface area contributed by atoms with Gasteiger partial charge in [0.1, 0.15) is 21.7 Å². The van der Waals surface area contributed by atoms with E-state index in [-0.39, 0.29) is 0 Å². The lowest BCUT2D eigenvalue weighted by Crippen LogP contribution is -2.32. The maximum Gasteiger partial charge on any atom is 0.407 e. The minimum atomic E-state index is -0.506. The standard InChI is InChI=1S/C12H17BrN4O2/c1-12(2,3)19-11(18)15-6-4-5-8-10(14)16-7-9(13)17-8/h4-5,7H,6H2,1-3H3,(H2,14,16)(H,15,18)/b5-4+. The topological polar surface area (TPSA) is 90.1 Å². The number of alkyl carbamates (subject to hydrolysis) is 1. The van der Waals surface area contributed by atoms with Crippen LogP contribution in [0.1, 0.15) is 26.5 Å². The van der Waals surface area contributed by atoms with Crippen LogP contribution in [0.3, 0.4) is 0 Å². The number of rotatable bonds is 3. The second-order valence-corrected chi connectivity index (χ2v) is 5.56. The van der Waals surface area contributed by atoms with Crippen molar-refractivity contribution in [3.05, 3.63) is 22.6 Å². The molecule has 3 N–H and O–H groups in total. The molecule has 0 spiro atoms. The van der Waals surface area contributed by atoms with Crippen LogP contribution in [0.15, 0.2) is 16.9 Å². The molecule has 104 valence electrons. The van der Waals surface area contributed by atoms with Crippen molar-refractivity contribution in [2.75, 3.05) is 12.3 Å². The lowest BCUT2D eigenvalue weighted by Gasteiger charge is -2.19. The first-order valence-corrected chi connectivity index (χ1v) is 6.48. The molecule has 1 amide bonds. The van der Waals surface area contributed by atoms with Crippen molar-refractivity contribution in [3.8, 4) is 0 Å². The van der Waals surface area contributed by atoms with E-state index in [1.54, 1.807) is 32.9 Å². The first-order valence-electron chi connectivity index (χ1n) is 5.69. The highest BCUT2D eigenvalue weighted by atomic mass is 79.9. The molecule has 1 rings (SSSR count). The number of halogens is 1. The lowest BCUT2D eigenvalue weighted by atomic mass is 10.2. The third kappa shape index (κ3) is 6.19. The van der Waals surface area contributed by atoms with Gasteiger partial charge < -0.3 is 15.8 Å². The number of nitrogens with zero attached hydrogens (tertiary/aromatic N) is 2. The van der Waals surface area contributed by atoms with E-state index >= 15 is 0 Å². The summed E-state index contributed by atoms with van der Waals surface area (Å²) in [5, 5.41) is 2.59. The van der Waals surface area contributed by atoms with Crippen LogP contribution in [0, 0.1) is 0 Å². The van der Waals surface area contributed by atoms with Crippen molar-refractivity contribution in [3.63, 3.8) is 0 Å². The van der Waals surface area contributed by atoms with Crippen LogP contribution >= 0.6 is 15.9 Å². The molecular formula is C12H17BrN4O2. The smallest absolute Gasteiger partial charge is 0.407 e. The van der Waals surface area contributed by atoms with E-state index in [1.165, 1.54) is 6.20 Å². The van der Waals surface area contributed by atoms with Gasteiger partial charge in [0.05, 0.1) is 6.20 Å². The van der Waals surface area contributed by atoms with Crippen LogP contribution in [-0.2, 0) is 4.74 Å². The summed E-state index contributed by atoms with van der Waals surface area (Å²) in [6.45, 7) is 5.74. The summed E-state index contributed by atoms with van der Waals surface area (Å²) in [4.78, 5) is 19.5. The summed E-state index contributed by atoms with van der Waals surface area (Å²) < 4.78 is 5.69. The highest BCUT2D eigenvalue weighted by molar-refractivity contribution is 9.10. The zero-order chi connectivity index (χ0) is 14.5. The number of carbonyl (C=O) groups is 1. The van der Waals surface area contributed by atoms with Crippen molar-refractivity contribution in [2.24, 2.45) is 0 Å². The number of nitrogens with one attached hydrogen (secondary N) is 1. The Bertz CT molecular complexity index is 483. The molecular weight excluding hydrogens is 312 g/mol. The molecule has 6 nitrogen and oxygen atoms in total. The van der Waals surface area contributed by atoms with Crippen molar-refractivity contribution in [2.45, 2.75) is 26.4 Å². The van der Waals surface area contributed by atoms with Crippen LogP contribution in [0.5, 0.6) is 0 Å². The molecule has 1 heterocycles. The van der Waals surface area contributed by atoms with Crippen LogP contribution in [0.4, 0.5) is 10.6 Å². The van der Waals surface area contributed by atoms with Gasteiger partial charge in [-0.15, -0.1) is 0 Å². The molecule has 0 saturated heterocycles. The molecule has 0 radical (unpaired) electrons. The molecule has 0 unspecified atom stereocenters. The minimum absolute atomic E-state index is 0.322. The van der Waals surface area contributed by atoms with Gasteiger partial charge in [-0.05, 0) is 42.8 Å². The molecule has 0 saturated carbocycles. The number of nitrogens with two attached hydrogens (primary N) is 1. The predicted molar refractivity (Wildman–Crippen MR) is 77.4 cm³/mol. The molecule has 7 heteroatoms. The Morgan fingerprint density at radius 3 is 2.89 bits per heavy atom. The second kappa shape index (κ2) is 6.51. The number of hydrogen-bond donors (Lipinski definition) is 2. The number of anilines is 1. The summed E-state index contributed by atoms with van der Waals surface area (Å²) in [6, 6.07) is 0. The van der Waals surface area contributed by atoms with Gasteiger partial charge in [0.25, 0.3) is 0 Å². The number of nitrogen functional groups attached to an aromatic ring is 1. The molecule has 1 aromatic heterocycles. The molecule has 0 aliphatic carbocycles. The number of amides is 1. The predicted octanol–water partition coefficient (Wildman–Crippen LogP) is 2.36. The van der Waals surface area contributed by atoms with Gasteiger partial charge in [0, 0.05) is 6.54 Å². The second-order valence-electron chi connectivity index (χ2n) is 4.75. The molecule has 0 bridgehead atoms. The van der Waals surface area contributed by atoms with Gasteiger partial charge in [0.15, 0.2) is 0 Å². The Hall–Kier alpha value is -1.63. The first kappa shape index (κ1) is 15.4. The van der Waals surface area contributed by atoms with Crippen molar-refractivity contribution >= 4 is 33.9 Å². The fourth-order valence-electron chi connectivity index (χ4n) is 1.14. The van der Waals surface area contributed by atoms with Crippen LogP contribution in [0.25, 0.3) is 6.08 Å². The molecule has 0 aliphatic heterocycles. The average Bonchev–Trinajstić information content (AvgIpc) is 2.26. The van der Waals surface area contributed by atoms with Crippen LogP contribution < -0.4 is 11.1 Å². The van der Waals surface area contributed by atoms with Gasteiger partial charge in [-0.3, -0.25) is 0 Å². The molecule has 0 aliphatic rings. The summed E-state index contributed by atoms with van der Waals surface area (Å²) in [5.41, 5.74) is 5.69. The van der Waals surface area contributed by atoms with E-state index in [4.69, 9.17) is 10.5 Å². The van der Waals surface area contributed by atoms with E-state index in [0.29, 0.717) is 22.7 Å². The molecule has 19 heavy (non-hydrogen) atoms.